The summed E-state index contributed by atoms with van der Waals surface area (Å²) in [6.07, 6.45) is 1.79. The molecule has 8 heteroatoms. The molecule has 2 heterocycles. The molecular formula is C22H25N3O4S. The first kappa shape index (κ1) is 20.6. The van der Waals surface area contributed by atoms with Gasteiger partial charge in [0, 0.05) is 24.2 Å². The van der Waals surface area contributed by atoms with E-state index in [1.807, 2.05) is 31.2 Å². The molecule has 0 atom stereocenters. The highest BCUT2D eigenvalue weighted by molar-refractivity contribution is 7.89. The van der Waals surface area contributed by atoms with Gasteiger partial charge in [-0.15, -0.1) is 0 Å². The van der Waals surface area contributed by atoms with Gasteiger partial charge in [0.25, 0.3) is 5.89 Å². The SMILES string of the molecule is CCOc1ccc(-c2nc(-c3ccc(S(=O)(=O)N4CCC(C)CC4)cc3)no2)cc1. The minimum absolute atomic E-state index is 0.288. The van der Waals surface area contributed by atoms with E-state index in [2.05, 4.69) is 17.1 Å². The fourth-order valence-corrected chi connectivity index (χ4v) is 4.94. The molecule has 0 aliphatic carbocycles. The van der Waals surface area contributed by atoms with Gasteiger partial charge in [0.1, 0.15) is 5.75 Å². The molecule has 0 radical (unpaired) electrons. The Morgan fingerprint density at radius 2 is 1.67 bits per heavy atom. The molecule has 1 saturated heterocycles. The predicted octanol–water partition coefficient (Wildman–Crippen LogP) is 4.22. The maximum Gasteiger partial charge on any atom is 0.258 e. The molecule has 3 aromatic rings. The Bertz CT molecular complexity index is 1080. The largest absolute Gasteiger partial charge is 0.494 e. The third-order valence-electron chi connectivity index (χ3n) is 5.33. The van der Waals surface area contributed by atoms with Crippen LogP contribution in [0.15, 0.2) is 57.9 Å². The van der Waals surface area contributed by atoms with Crippen LogP contribution in [-0.2, 0) is 10.0 Å². The van der Waals surface area contributed by atoms with Crippen molar-refractivity contribution in [3.8, 4) is 28.6 Å². The van der Waals surface area contributed by atoms with E-state index in [4.69, 9.17) is 9.26 Å². The van der Waals surface area contributed by atoms with Gasteiger partial charge in [-0.1, -0.05) is 12.1 Å². The van der Waals surface area contributed by atoms with Gasteiger partial charge in [0.05, 0.1) is 11.5 Å². The summed E-state index contributed by atoms with van der Waals surface area (Å²) in [7, 11) is -3.47. The number of sulfonamides is 1. The normalized spacial score (nSPS) is 15.9. The summed E-state index contributed by atoms with van der Waals surface area (Å²) >= 11 is 0. The molecule has 158 valence electrons. The maximum absolute atomic E-state index is 12.9. The number of nitrogens with zero attached hydrogens (tertiary/aromatic N) is 3. The average Bonchev–Trinajstić information content (AvgIpc) is 3.25. The van der Waals surface area contributed by atoms with E-state index in [-0.39, 0.29) is 4.90 Å². The Labute approximate surface area is 176 Å². The van der Waals surface area contributed by atoms with Crippen LogP contribution in [0.3, 0.4) is 0 Å². The summed E-state index contributed by atoms with van der Waals surface area (Å²) in [5.41, 5.74) is 1.48. The van der Waals surface area contributed by atoms with Gasteiger partial charge < -0.3 is 9.26 Å². The van der Waals surface area contributed by atoms with Crippen molar-refractivity contribution in [3.63, 3.8) is 0 Å². The second-order valence-electron chi connectivity index (χ2n) is 7.49. The first-order valence-corrected chi connectivity index (χ1v) is 11.6. The van der Waals surface area contributed by atoms with Crippen molar-refractivity contribution >= 4 is 10.0 Å². The van der Waals surface area contributed by atoms with Crippen LogP contribution in [0, 0.1) is 5.92 Å². The van der Waals surface area contributed by atoms with Crippen LogP contribution in [0.4, 0.5) is 0 Å². The van der Waals surface area contributed by atoms with E-state index < -0.39 is 10.0 Å². The Hall–Kier alpha value is -2.71. The monoisotopic (exact) mass is 427 g/mol. The first-order valence-electron chi connectivity index (χ1n) is 10.1. The fraction of sp³-hybridized carbons (Fsp3) is 0.364. The minimum Gasteiger partial charge on any atom is -0.494 e. The van der Waals surface area contributed by atoms with E-state index in [9.17, 15) is 8.42 Å². The van der Waals surface area contributed by atoms with Gasteiger partial charge in [-0.2, -0.15) is 9.29 Å². The Kier molecular flexibility index (Phi) is 5.87. The number of aromatic nitrogens is 2. The van der Waals surface area contributed by atoms with Crippen molar-refractivity contribution in [1.82, 2.24) is 14.4 Å². The second kappa shape index (κ2) is 8.57. The van der Waals surface area contributed by atoms with E-state index in [0.717, 1.165) is 24.2 Å². The quantitative estimate of drug-likeness (QED) is 0.585. The third kappa shape index (κ3) is 4.24. The van der Waals surface area contributed by atoms with Gasteiger partial charge >= 0.3 is 0 Å². The van der Waals surface area contributed by atoms with Gasteiger partial charge in [-0.05, 0) is 74.2 Å². The molecule has 0 bridgehead atoms. The van der Waals surface area contributed by atoms with Crippen molar-refractivity contribution in [2.24, 2.45) is 5.92 Å². The topological polar surface area (TPSA) is 85.5 Å². The van der Waals surface area contributed by atoms with Crippen LogP contribution in [0.1, 0.15) is 26.7 Å². The highest BCUT2D eigenvalue weighted by Crippen LogP contribution is 2.27. The molecular weight excluding hydrogens is 402 g/mol. The highest BCUT2D eigenvalue weighted by Gasteiger charge is 2.28. The lowest BCUT2D eigenvalue weighted by atomic mass is 10.0. The zero-order valence-corrected chi connectivity index (χ0v) is 17.9. The number of ether oxygens (including phenoxy) is 1. The van der Waals surface area contributed by atoms with Crippen molar-refractivity contribution in [2.45, 2.75) is 31.6 Å². The van der Waals surface area contributed by atoms with E-state index in [1.54, 1.807) is 28.6 Å². The fourth-order valence-electron chi connectivity index (χ4n) is 3.47. The molecule has 0 N–H and O–H groups in total. The molecule has 1 aromatic heterocycles. The van der Waals surface area contributed by atoms with Crippen LogP contribution in [0.5, 0.6) is 5.75 Å². The Balaban J connectivity index is 1.51. The predicted molar refractivity (Wildman–Crippen MR) is 113 cm³/mol. The molecule has 1 fully saturated rings. The van der Waals surface area contributed by atoms with Crippen molar-refractivity contribution in [3.05, 3.63) is 48.5 Å². The van der Waals surface area contributed by atoms with Crippen molar-refractivity contribution in [2.75, 3.05) is 19.7 Å². The number of piperidine rings is 1. The number of rotatable bonds is 6. The van der Waals surface area contributed by atoms with Gasteiger partial charge in [0.2, 0.25) is 15.8 Å². The van der Waals surface area contributed by atoms with Crippen LogP contribution in [0.2, 0.25) is 0 Å². The maximum atomic E-state index is 12.9. The lowest BCUT2D eigenvalue weighted by molar-refractivity contribution is 0.288. The Morgan fingerprint density at radius 1 is 1.03 bits per heavy atom. The first-order chi connectivity index (χ1) is 14.5. The molecule has 1 aliphatic heterocycles. The molecule has 2 aromatic carbocycles. The van der Waals surface area contributed by atoms with Gasteiger partial charge in [-0.3, -0.25) is 0 Å². The standard InChI is InChI=1S/C22H25N3O4S/c1-3-28-19-8-4-18(5-9-19)22-23-21(24-29-22)17-6-10-20(11-7-17)30(26,27)25-14-12-16(2)13-15-25/h4-11,16H,3,12-15H2,1-2H3. The molecule has 0 saturated carbocycles. The highest BCUT2D eigenvalue weighted by atomic mass is 32.2. The summed E-state index contributed by atoms with van der Waals surface area (Å²) in [4.78, 5) is 4.73. The van der Waals surface area contributed by atoms with Gasteiger partial charge in [-0.25, -0.2) is 8.42 Å². The van der Waals surface area contributed by atoms with E-state index in [0.29, 0.717) is 42.9 Å². The third-order valence-corrected chi connectivity index (χ3v) is 7.24. The van der Waals surface area contributed by atoms with Crippen LogP contribution in [-0.4, -0.2) is 42.6 Å². The minimum atomic E-state index is -3.47. The average molecular weight is 428 g/mol. The zero-order valence-electron chi connectivity index (χ0n) is 17.1. The number of hydrogen-bond acceptors (Lipinski definition) is 6. The van der Waals surface area contributed by atoms with Crippen LogP contribution >= 0.6 is 0 Å². The van der Waals surface area contributed by atoms with E-state index in [1.165, 1.54) is 0 Å². The van der Waals surface area contributed by atoms with Gasteiger partial charge in [0.15, 0.2) is 0 Å². The molecule has 1 aliphatic rings. The smallest absolute Gasteiger partial charge is 0.258 e. The van der Waals surface area contributed by atoms with Crippen LogP contribution in [0.25, 0.3) is 22.8 Å². The number of hydrogen-bond donors (Lipinski definition) is 0. The molecule has 0 amide bonds. The van der Waals surface area contributed by atoms with E-state index >= 15 is 0 Å². The summed E-state index contributed by atoms with van der Waals surface area (Å²) < 4.78 is 38.1. The molecule has 4 rings (SSSR count). The van der Waals surface area contributed by atoms with Crippen LogP contribution < -0.4 is 4.74 Å². The molecule has 0 unspecified atom stereocenters. The second-order valence-corrected chi connectivity index (χ2v) is 9.43. The lowest BCUT2D eigenvalue weighted by Crippen LogP contribution is -2.37. The molecule has 30 heavy (non-hydrogen) atoms. The summed E-state index contributed by atoms with van der Waals surface area (Å²) in [5.74, 6) is 2.16. The summed E-state index contributed by atoms with van der Waals surface area (Å²) in [6.45, 7) is 5.84. The summed E-state index contributed by atoms with van der Waals surface area (Å²) in [6, 6.07) is 14.1. The lowest BCUT2D eigenvalue weighted by Gasteiger charge is -2.29. The van der Waals surface area contributed by atoms with Crippen molar-refractivity contribution < 1.29 is 17.7 Å². The van der Waals surface area contributed by atoms with Crippen molar-refractivity contribution in [1.29, 1.82) is 0 Å². The summed E-state index contributed by atoms with van der Waals surface area (Å²) in [5, 5.41) is 4.03. The zero-order chi connectivity index (χ0) is 21.1. The Morgan fingerprint density at radius 3 is 2.30 bits per heavy atom. The number of benzene rings is 2. The molecule has 0 spiro atoms. The molecule has 7 nitrogen and oxygen atoms in total.